The Morgan fingerprint density at radius 2 is 2.00 bits per heavy atom. The van der Waals surface area contributed by atoms with Gasteiger partial charge in [0.2, 0.25) is 0 Å². The SMILES string of the molecule is C=CCN(C[C@H]1CC(c2ccccc2)=NO1)C(=O)Nc1cccc(C(F)(F)F)c1. The van der Waals surface area contributed by atoms with E-state index >= 15 is 0 Å². The average molecular weight is 403 g/mol. The summed E-state index contributed by atoms with van der Waals surface area (Å²) in [7, 11) is 0. The van der Waals surface area contributed by atoms with Gasteiger partial charge in [-0.3, -0.25) is 0 Å². The van der Waals surface area contributed by atoms with Gasteiger partial charge < -0.3 is 15.1 Å². The van der Waals surface area contributed by atoms with Crippen LogP contribution in [0.4, 0.5) is 23.7 Å². The highest BCUT2D eigenvalue weighted by atomic mass is 19.4. The van der Waals surface area contributed by atoms with Gasteiger partial charge in [-0.1, -0.05) is 47.6 Å². The molecule has 0 saturated carbocycles. The highest BCUT2D eigenvalue weighted by molar-refractivity contribution is 6.01. The molecular weight excluding hydrogens is 383 g/mol. The van der Waals surface area contributed by atoms with Gasteiger partial charge in [0.25, 0.3) is 0 Å². The highest BCUT2D eigenvalue weighted by Gasteiger charge is 2.31. The highest BCUT2D eigenvalue weighted by Crippen LogP contribution is 2.30. The van der Waals surface area contributed by atoms with Crippen molar-refractivity contribution >= 4 is 17.4 Å². The third-order valence-corrected chi connectivity index (χ3v) is 4.34. The van der Waals surface area contributed by atoms with Crippen molar-refractivity contribution < 1.29 is 22.8 Å². The van der Waals surface area contributed by atoms with Crippen LogP contribution in [0.1, 0.15) is 17.5 Å². The van der Waals surface area contributed by atoms with Gasteiger partial charge in [0.1, 0.15) is 0 Å². The summed E-state index contributed by atoms with van der Waals surface area (Å²) in [6.45, 7) is 4.07. The Kier molecular flexibility index (Phi) is 6.21. The lowest BCUT2D eigenvalue weighted by Gasteiger charge is -2.24. The molecule has 1 aliphatic heterocycles. The normalized spacial score (nSPS) is 16.0. The van der Waals surface area contributed by atoms with E-state index < -0.39 is 17.8 Å². The summed E-state index contributed by atoms with van der Waals surface area (Å²) in [5, 5.41) is 6.59. The molecule has 0 radical (unpaired) electrons. The molecule has 1 N–H and O–H groups in total. The maximum Gasteiger partial charge on any atom is 0.416 e. The minimum atomic E-state index is -4.48. The lowest BCUT2D eigenvalue weighted by Crippen LogP contribution is -2.40. The number of hydrogen-bond donors (Lipinski definition) is 1. The van der Waals surface area contributed by atoms with Crippen molar-refractivity contribution in [3.05, 3.63) is 78.4 Å². The molecule has 3 rings (SSSR count). The maximum atomic E-state index is 12.9. The summed E-state index contributed by atoms with van der Waals surface area (Å²) in [5.74, 6) is 0. The number of halogens is 3. The molecule has 8 heteroatoms. The molecule has 1 aliphatic rings. The summed E-state index contributed by atoms with van der Waals surface area (Å²) >= 11 is 0. The van der Waals surface area contributed by atoms with Crippen molar-refractivity contribution in [3.8, 4) is 0 Å². The fraction of sp³-hybridized carbons (Fsp3) is 0.238. The Morgan fingerprint density at radius 3 is 2.69 bits per heavy atom. The van der Waals surface area contributed by atoms with E-state index in [2.05, 4.69) is 17.1 Å². The predicted octanol–water partition coefficient (Wildman–Crippen LogP) is 4.92. The Balaban J connectivity index is 1.63. The van der Waals surface area contributed by atoms with E-state index in [-0.39, 0.29) is 24.9 Å². The molecule has 0 bridgehead atoms. The first-order chi connectivity index (χ1) is 13.9. The van der Waals surface area contributed by atoms with Crippen molar-refractivity contribution in [3.63, 3.8) is 0 Å². The maximum absolute atomic E-state index is 12.9. The molecule has 1 atom stereocenters. The molecule has 0 aromatic heterocycles. The second kappa shape index (κ2) is 8.81. The van der Waals surface area contributed by atoms with E-state index in [0.717, 1.165) is 23.4 Å². The first kappa shape index (κ1) is 20.4. The van der Waals surface area contributed by atoms with Crippen LogP contribution in [0.2, 0.25) is 0 Å². The van der Waals surface area contributed by atoms with Crippen LogP contribution in [-0.4, -0.2) is 35.8 Å². The van der Waals surface area contributed by atoms with Gasteiger partial charge in [-0.2, -0.15) is 13.2 Å². The summed E-state index contributed by atoms with van der Waals surface area (Å²) in [5.41, 5.74) is 0.962. The molecule has 1 heterocycles. The van der Waals surface area contributed by atoms with Crippen molar-refractivity contribution in [2.75, 3.05) is 18.4 Å². The van der Waals surface area contributed by atoms with E-state index in [1.54, 1.807) is 6.08 Å². The Morgan fingerprint density at radius 1 is 1.24 bits per heavy atom. The minimum Gasteiger partial charge on any atom is -0.390 e. The smallest absolute Gasteiger partial charge is 0.390 e. The Labute approximate surface area is 166 Å². The van der Waals surface area contributed by atoms with Crippen LogP contribution in [0.15, 0.2) is 72.4 Å². The van der Waals surface area contributed by atoms with Crippen molar-refractivity contribution in [2.45, 2.75) is 18.7 Å². The molecule has 2 aromatic carbocycles. The Hall–Kier alpha value is -3.29. The van der Waals surface area contributed by atoms with E-state index in [1.807, 2.05) is 30.3 Å². The van der Waals surface area contributed by atoms with Crippen molar-refractivity contribution in [1.82, 2.24) is 4.90 Å². The number of amides is 2. The average Bonchev–Trinajstić information content (AvgIpc) is 3.16. The van der Waals surface area contributed by atoms with Crippen LogP contribution in [0.25, 0.3) is 0 Å². The van der Waals surface area contributed by atoms with Gasteiger partial charge >= 0.3 is 12.2 Å². The molecule has 2 aromatic rings. The summed E-state index contributed by atoms with van der Waals surface area (Å²) in [4.78, 5) is 19.5. The van der Waals surface area contributed by atoms with Gasteiger partial charge in [0.15, 0.2) is 6.10 Å². The second-order valence-corrected chi connectivity index (χ2v) is 6.54. The quantitative estimate of drug-likeness (QED) is 0.696. The van der Waals surface area contributed by atoms with Crippen LogP contribution in [0, 0.1) is 0 Å². The fourth-order valence-corrected chi connectivity index (χ4v) is 2.95. The standard InChI is InChI=1S/C21H20F3N3O2/c1-2-11-27(14-18-13-19(26-29-18)15-7-4-3-5-8-15)20(28)25-17-10-6-9-16(12-17)21(22,23)24/h2-10,12,18H,1,11,13-14H2,(H,25,28)/t18-/m1/s1. The number of alkyl halides is 3. The topological polar surface area (TPSA) is 53.9 Å². The lowest BCUT2D eigenvalue weighted by molar-refractivity contribution is -0.137. The summed E-state index contributed by atoms with van der Waals surface area (Å²) in [6.07, 6.45) is -2.77. The number of rotatable bonds is 6. The number of nitrogens with one attached hydrogen (secondary N) is 1. The van der Waals surface area contributed by atoms with Gasteiger partial charge in [-0.15, -0.1) is 6.58 Å². The van der Waals surface area contributed by atoms with Crippen LogP contribution < -0.4 is 5.32 Å². The number of carbonyl (C=O) groups excluding carboxylic acids is 1. The monoisotopic (exact) mass is 403 g/mol. The molecule has 0 spiro atoms. The zero-order valence-corrected chi connectivity index (χ0v) is 15.5. The Bertz CT molecular complexity index is 898. The van der Waals surface area contributed by atoms with Gasteiger partial charge in [0.05, 0.1) is 17.8 Å². The first-order valence-corrected chi connectivity index (χ1v) is 8.99. The molecular formula is C21H20F3N3O2. The fourth-order valence-electron chi connectivity index (χ4n) is 2.95. The van der Waals surface area contributed by atoms with Gasteiger partial charge in [0, 0.05) is 18.7 Å². The van der Waals surface area contributed by atoms with Crippen LogP contribution in [0.3, 0.4) is 0 Å². The number of carbonyl (C=O) groups is 1. The van der Waals surface area contributed by atoms with E-state index in [1.165, 1.54) is 17.0 Å². The molecule has 0 saturated heterocycles. The van der Waals surface area contributed by atoms with Crippen LogP contribution in [0.5, 0.6) is 0 Å². The lowest BCUT2D eigenvalue weighted by atomic mass is 10.1. The number of anilines is 1. The van der Waals surface area contributed by atoms with Crippen LogP contribution >= 0.6 is 0 Å². The molecule has 152 valence electrons. The van der Waals surface area contributed by atoms with Crippen LogP contribution in [-0.2, 0) is 11.0 Å². The molecule has 0 fully saturated rings. The van der Waals surface area contributed by atoms with Crippen molar-refractivity contribution in [2.24, 2.45) is 5.16 Å². The molecule has 2 amide bonds. The third-order valence-electron chi connectivity index (χ3n) is 4.34. The number of urea groups is 1. The van der Waals surface area contributed by atoms with E-state index in [0.29, 0.717) is 6.42 Å². The zero-order chi connectivity index (χ0) is 20.9. The molecule has 0 unspecified atom stereocenters. The number of oxime groups is 1. The number of nitrogens with zero attached hydrogens (tertiary/aromatic N) is 2. The van der Waals surface area contributed by atoms with Gasteiger partial charge in [-0.25, -0.2) is 4.79 Å². The molecule has 5 nitrogen and oxygen atoms in total. The molecule has 29 heavy (non-hydrogen) atoms. The predicted molar refractivity (Wildman–Crippen MR) is 105 cm³/mol. The summed E-state index contributed by atoms with van der Waals surface area (Å²) in [6, 6.07) is 13.5. The van der Waals surface area contributed by atoms with E-state index in [4.69, 9.17) is 4.84 Å². The first-order valence-electron chi connectivity index (χ1n) is 8.99. The zero-order valence-electron chi connectivity index (χ0n) is 15.5. The van der Waals surface area contributed by atoms with Crippen molar-refractivity contribution in [1.29, 1.82) is 0 Å². The third kappa shape index (κ3) is 5.37. The number of benzene rings is 2. The largest absolute Gasteiger partial charge is 0.416 e. The number of hydrogen-bond acceptors (Lipinski definition) is 3. The minimum absolute atomic E-state index is 0.0625. The summed E-state index contributed by atoms with van der Waals surface area (Å²) < 4.78 is 38.6. The van der Waals surface area contributed by atoms with E-state index in [9.17, 15) is 18.0 Å². The molecule has 0 aliphatic carbocycles. The second-order valence-electron chi connectivity index (χ2n) is 6.54. The van der Waals surface area contributed by atoms with Gasteiger partial charge in [-0.05, 0) is 23.8 Å².